The molecule has 2 aromatic rings. The van der Waals surface area contributed by atoms with Gasteiger partial charge in [-0.1, -0.05) is 32.9 Å². The molecule has 1 aliphatic carbocycles. The largest absolute Gasteiger partial charge is 0.466 e. The first-order chi connectivity index (χ1) is 15.1. The van der Waals surface area contributed by atoms with Crippen LogP contribution in [0.25, 0.3) is 16.7 Å². The van der Waals surface area contributed by atoms with Crippen LogP contribution in [0.15, 0.2) is 42.3 Å². The molecule has 0 radical (unpaired) electrons. The standard InChI is InChI=1S/C24H27F2N3O3/c1-5-32-20(31)13-15-9-12-18-22(21(15)26)29(17-8-6-7-16(25)10-11-17)23(27-18)28-19(30)14-24(2,3)4/h7-12H,5-6,13-14H2,1-4H3,(H,27,28,30). The summed E-state index contributed by atoms with van der Waals surface area (Å²) in [7, 11) is 0. The first-order valence-corrected chi connectivity index (χ1v) is 10.5. The van der Waals surface area contributed by atoms with Gasteiger partial charge >= 0.3 is 5.97 Å². The van der Waals surface area contributed by atoms with Crippen molar-refractivity contribution in [3.05, 3.63) is 53.6 Å². The molecule has 1 heterocycles. The quantitative estimate of drug-likeness (QED) is 0.614. The second-order valence-corrected chi connectivity index (χ2v) is 8.73. The minimum absolute atomic E-state index is 0.0936. The number of nitrogens with zero attached hydrogens (tertiary/aromatic N) is 2. The monoisotopic (exact) mass is 443 g/mol. The summed E-state index contributed by atoms with van der Waals surface area (Å²) in [5.41, 5.74) is 0.735. The number of allylic oxidation sites excluding steroid dienone is 6. The Labute approximate surface area is 185 Å². The molecule has 0 fully saturated rings. The highest BCUT2D eigenvalue weighted by molar-refractivity contribution is 5.94. The van der Waals surface area contributed by atoms with Crippen LogP contribution in [-0.4, -0.2) is 28.0 Å². The van der Waals surface area contributed by atoms with Crippen molar-refractivity contribution in [1.82, 2.24) is 9.55 Å². The predicted molar refractivity (Wildman–Crippen MR) is 120 cm³/mol. The third-order valence-corrected chi connectivity index (χ3v) is 4.73. The number of hydrogen-bond donors (Lipinski definition) is 1. The Morgan fingerprint density at radius 1 is 1.19 bits per heavy atom. The minimum Gasteiger partial charge on any atom is -0.466 e. The summed E-state index contributed by atoms with van der Waals surface area (Å²) in [6.45, 7) is 7.67. The molecule has 32 heavy (non-hydrogen) atoms. The summed E-state index contributed by atoms with van der Waals surface area (Å²) in [5.74, 6) is -1.76. The molecule has 8 heteroatoms. The highest BCUT2D eigenvalue weighted by Crippen LogP contribution is 2.31. The van der Waals surface area contributed by atoms with Crippen LogP contribution in [0.4, 0.5) is 14.7 Å². The van der Waals surface area contributed by atoms with Gasteiger partial charge in [0, 0.05) is 17.7 Å². The smallest absolute Gasteiger partial charge is 0.310 e. The fourth-order valence-corrected chi connectivity index (χ4v) is 3.42. The molecular weight excluding hydrogens is 416 g/mol. The Morgan fingerprint density at radius 2 is 1.94 bits per heavy atom. The molecule has 0 saturated heterocycles. The fraction of sp³-hybridized carbons (Fsp3) is 0.375. The van der Waals surface area contributed by atoms with E-state index in [-0.39, 0.29) is 54.2 Å². The molecule has 1 aliphatic rings. The zero-order valence-electron chi connectivity index (χ0n) is 18.7. The zero-order chi connectivity index (χ0) is 23.5. The first kappa shape index (κ1) is 23.4. The molecule has 3 rings (SSSR count). The summed E-state index contributed by atoms with van der Waals surface area (Å²) in [6, 6.07) is 3.06. The van der Waals surface area contributed by atoms with Crippen molar-refractivity contribution in [1.29, 1.82) is 0 Å². The van der Waals surface area contributed by atoms with Crippen molar-refractivity contribution >= 4 is 34.6 Å². The molecule has 170 valence electrons. The molecule has 0 atom stereocenters. The van der Waals surface area contributed by atoms with Gasteiger partial charge in [0.25, 0.3) is 0 Å². The minimum atomic E-state index is -0.647. The van der Waals surface area contributed by atoms with Gasteiger partial charge in [-0.3, -0.25) is 19.5 Å². The number of anilines is 1. The number of fused-ring (bicyclic) bond motifs is 1. The van der Waals surface area contributed by atoms with Gasteiger partial charge in [0.15, 0.2) is 5.82 Å². The Kier molecular flexibility index (Phi) is 6.91. The summed E-state index contributed by atoms with van der Waals surface area (Å²) in [5, 5.41) is 2.76. The van der Waals surface area contributed by atoms with Crippen LogP contribution in [0.3, 0.4) is 0 Å². The van der Waals surface area contributed by atoms with Gasteiger partial charge in [-0.2, -0.15) is 0 Å². The number of esters is 1. The zero-order valence-corrected chi connectivity index (χ0v) is 18.7. The molecule has 0 aliphatic heterocycles. The van der Waals surface area contributed by atoms with E-state index in [2.05, 4.69) is 10.3 Å². The lowest BCUT2D eigenvalue weighted by Gasteiger charge is -2.18. The van der Waals surface area contributed by atoms with Crippen molar-refractivity contribution in [3.8, 4) is 0 Å². The van der Waals surface area contributed by atoms with Crippen molar-refractivity contribution in [2.45, 2.75) is 47.0 Å². The van der Waals surface area contributed by atoms with Gasteiger partial charge in [-0.25, -0.2) is 13.8 Å². The number of hydrogen-bond acceptors (Lipinski definition) is 4. The van der Waals surface area contributed by atoms with Gasteiger partial charge < -0.3 is 4.74 Å². The summed E-state index contributed by atoms with van der Waals surface area (Å²) in [6.07, 6.45) is 6.15. The SMILES string of the molecule is CCOC(=O)Cc1ccc2nc(NC(=O)CC(C)(C)C)n(C3=CCC=C(F)C=C3)c2c1F. The van der Waals surface area contributed by atoms with Crippen LogP contribution in [0.2, 0.25) is 0 Å². The number of ether oxygens (including phenoxy) is 1. The fourth-order valence-electron chi connectivity index (χ4n) is 3.42. The highest BCUT2D eigenvalue weighted by Gasteiger charge is 2.23. The predicted octanol–water partition coefficient (Wildman–Crippen LogP) is 5.31. The van der Waals surface area contributed by atoms with E-state index in [4.69, 9.17) is 4.74 Å². The molecule has 0 unspecified atom stereocenters. The third kappa shape index (κ3) is 5.49. The number of carbonyl (C=O) groups excluding carboxylic acids is 2. The normalized spacial score (nSPS) is 14.1. The van der Waals surface area contributed by atoms with Gasteiger partial charge in [0.2, 0.25) is 11.9 Å². The van der Waals surface area contributed by atoms with Crippen LogP contribution in [0.5, 0.6) is 0 Å². The van der Waals surface area contributed by atoms with Crippen molar-refractivity contribution in [2.24, 2.45) is 5.41 Å². The number of imidazole rings is 1. The third-order valence-electron chi connectivity index (χ3n) is 4.73. The lowest BCUT2D eigenvalue weighted by Crippen LogP contribution is -2.21. The molecule has 0 spiro atoms. The van der Waals surface area contributed by atoms with Gasteiger partial charge in [-0.15, -0.1) is 0 Å². The Bertz CT molecular complexity index is 1140. The molecule has 6 nitrogen and oxygen atoms in total. The van der Waals surface area contributed by atoms with E-state index in [1.165, 1.54) is 28.9 Å². The molecule has 0 saturated carbocycles. The van der Waals surface area contributed by atoms with E-state index in [1.54, 1.807) is 19.1 Å². The lowest BCUT2D eigenvalue weighted by molar-refractivity contribution is -0.142. The Hall–Kier alpha value is -3.29. The van der Waals surface area contributed by atoms with E-state index >= 15 is 4.39 Å². The van der Waals surface area contributed by atoms with Crippen LogP contribution in [-0.2, 0) is 20.7 Å². The number of carbonyl (C=O) groups is 2. The van der Waals surface area contributed by atoms with Crippen LogP contribution in [0, 0.1) is 11.2 Å². The average Bonchev–Trinajstić information content (AvgIpc) is 2.89. The summed E-state index contributed by atoms with van der Waals surface area (Å²) < 4.78 is 35.7. The van der Waals surface area contributed by atoms with Crippen LogP contribution in [0.1, 0.15) is 46.1 Å². The van der Waals surface area contributed by atoms with Gasteiger partial charge in [0.1, 0.15) is 11.3 Å². The molecule has 1 N–H and O–H groups in total. The Balaban J connectivity index is 2.12. The summed E-state index contributed by atoms with van der Waals surface area (Å²) >= 11 is 0. The van der Waals surface area contributed by atoms with Crippen LogP contribution < -0.4 is 5.32 Å². The van der Waals surface area contributed by atoms with E-state index in [0.717, 1.165) is 0 Å². The lowest BCUT2D eigenvalue weighted by atomic mass is 9.92. The topological polar surface area (TPSA) is 73.2 Å². The summed E-state index contributed by atoms with van der Waals surface area (Å²) in [4.78, 5) is 28.9. The van der Waals surface area contributed by atoms with Crippen molar-refractivity contribution in [2.75, 3.05) is 11.9 Å². The van der Waals surface area contributed by atoms with Crippen molar-refractivity contribution in [3.63, 3.8) is 0 Å². The first-order valence-electron chi connectivity index (χ1n) is 10.5. The van der Waals surface area contributed by atoms with E-state index in [1.807, 2.05) is 20.8 Å². The van der Waals surface area contributed by atoms with E-state index in [0.29, 0.717) is 11.2 Å². The maximum Gasteiger partial charge on any atom is 0.310 e. The molecular formula is C24H27F2N3O3. The highest BCUT2D eigenvalue weighted by atomic mass is 19.1. The van der Waals surface area contributed by atoms with Gasteiger partial charge in [-0.05, 0) is 43.1 Å². The number of nitrogens with one attached hydrogen (secondary N) is 1. The second-order valence-electron chi connectivity index (χ2n) is 8.73. The molecule has 1 aromatic carbocycles. The average molecular weight is 443 g/mol. The molecule has 1 amide bonds. The van der Waals surface area contributed by atoms with Crippen molar-refractivity contribution < 1.29 is 23.1 Å². The van der Waals surface area contributed by atoms with Gasteiger partial charge in [0.05, 0.1) is 18.5 Å². The number of benzene rings is 1. The number of amides is 1. The maximum absolute atomic E-state index is 15.6. The second kappa shape index (κ2) is 9.46. The molecule has 0 bridgehead atoms. The maximum atomic E-state index is 15.6. The number of aromatic nitrogens is 2. The Morgan fingerprint density at radius 3 is 2.62 bits per heavy atom. The van der Waals surface area contributed by atoms with E-state index < -0.39 is 17.6 Å². The number of rotatable bonds is 6. The van der Waals surface area contributed by atoms with Crippen LogP contribution >= 0.6 is 0 Å². The van der Waals surface area contributed by atoms with E-state index in [9.17, 15) is 14.0 Å². The molecule has 1 aromatic heterocycles. The number of halogens is 2.